The second-order valence-corrected chi connectivity index (χ2v) is 11.2. The van der Waals surface area contributed by atoms with Gasteiger partial charge in [0.25, 0.3) is 0 Å². The van der Waals surface area contributed by atoms with Gasteiger partial charge in [-0.15, -0.1) is 0 Å². The van der Waals surface area contributed by atoms with Gasteiger partial charge >= 0.3 is 12.1 Å². The van der Waals surface area contributed by atoms with Crippen molar-refractivity contribution >= 4 is 18.0 Å². The molecule has 0 aromatic heterocycles. The van der Waals surface area contributed by atoms with Crippen LogP contribution in [-0.2, 0) is 23.8 Å². The molecule has 2 amide bonds. The van der Waals surface area contributed by atoms with Crippen LogP contribution in [0.25, 0.3) is 0 Å². The monoisotopic (exact) mass is 482 g/mol. The van der Waals surface area contributed by atoms with Crippen LogP contribution >= 0.6 is 0 Å². The maximum Gasteiger partial charge on any atom is 0.411 e. The fourth-order valence-corrected chi connectivity index (χ4v) is 4.51. The summed E-state index contributed by atoms with van der Waals surface area (Å²) in [7, 11) is 1.61. The van der Waals surface area contributed by atoms with E-state index < -0.39 is 41.4 Å². The normalized spacial score (nSPS) is 24.0. The smallest absolute Gasteiger partial charge is 0.411 e. The van der Waals surface area contributed by atoms with Crippen LogP contribution in [0.3, 0.4) is 0 Å². The van der Waals surface area contributed by atoms with Crippen molar-refractivity contribution in [3.63, 3.8) is 0 Å². The van der Waals surface area contributed by atoms with Crippen molar-refractivity contribution in [2.75, 3.05) is 7.11 Å². The fourth-order valence-electron chi connectivity index (χ4n) is 4.51. The standard InChI is InChI=1S/C26H46N2O6/c1-12-14-18-15-19(23(30)33-25(5,6)7)28(24(31)34-26(8,9)10)21(18)20(27-17(4)29)22(32-11)16(3)13-2/h12,14,16,18-22H,13,15H2,1-11H3,(H,27,29)/t16-,18+,19-,20+,21+,22-/m0/s1. The second kappa shape index (κ2) is 12.0. The maximum atomic E-state index is 13.6. The van der Waals surface area contributed by atoms with Crippen molar-refractivity contribution in [2.45, 2.75) is 118 Å². The molecule has 1 N–H and O–H groups in total. The number of nitrogens with one attached hydrogen (secondary N) is 1. The second-order valence-electron chi connectivity index (χ2n) is 11.2. The molecule has 196 valence electrons. The summed E-state index contributed by atoms with van der Waals surface area (Å²) >= 11 is 0. The van der Waals surface area contributed by atoms with Crippen molar-refractivity contribution in [3.05, 3.63) is 12.2 Å². The van der Waals surface area contributed by atoms with E-state index in [9.17, 15) is 14.4 Å². The molecule has 0 unspecified atom stereocenters. The average molecular weight is 483 g/mol. The first-order valence-corrected chi connectivity index (χ1v) is 12.2. The van der Waals surface area contributed by atoms with Gasteiger partial charge in [0.05, 0.1) is 18.2 Å². The molecule has 1 heterocycles. The van der Waals surface area contributed by atoms with Gasteiger partial charge in [-0.1, -0.05) is 32.4 Å². The number of allylic oxidation sites excluding steroid dienone is 1. The molecule has 1 aliphatic heterocycles. The zero-order valence-electron chi connectivity index (χ0n) is 22.9. The molecule has 8 heteroatoms. The van der Waals surface area contributed by atoms with Crippen molar-refractivity contribution in [3.8, 4) is 0 Å². The molecule has 0 aromatic carbocycles. The molecule has 8 nitrogen and oxygen atoms in total. The summed E-state index contributed by atoms with van der Waals surface area (Å²) in [5, 5.41) is 3.03. The molecule has 0 spiro atoms. The summed E-state index contributed by atoms with van der Waals surface area (Å²) in [6.07, 6.45) is 4.06. The van der Waals surface area contributed by atoms with Crippen LogP contribution in [0.2, 0.25) is 0 Å². The van der Waals surface area contributed by atoms with E-state index in [1.54, 1.807) is 48.7 Å². The first-order chi connectivity index (χ1) is 15.6. The average Bonchev–Trinajstić information content (AvgIpc) is 3.04. The van der Waals surface area contributed by atoms with E-state index in [-0.39, 0.29) is 23.8 Å². The molecule has 0 aromatic rings. The molecule has 34 heavy (non-hydrogen) atoms. The highest BCUT2D eigenvalue weighted by molar-refractivity contribution is 5.83. The number of rotatable bonds is 8. The number of esters is 1. The number of ether oxygens (including phenoxy) is 3. The Morgan fingerprint density at radius 3 is 2.06 bits per heavy atom. The SMILES string of the molecule is CC=C[C@@H]1C[C@@H](C(=O)OC(C)(C)C)N(C(=O)OC(C)(C)C)[C@H]1[C@@H](NC(C)=O)[C@@H](OC)[C@@H](C)CC. The molecule has 1 rings (SSSR count). The van der Waals surface area contributed by atoms with E-state index >= 15 is 0 Å². The lowest BCUT2D eigenvalue weighted by Gasteiger charge is -2.41. The number of nitrogens with zero attached hydrogens (tertiary/aromatic N) is 1. The van der Waals surface area contributed by atoms with E-state index in [2.05, 4.69) is 12.2 Å². The minimum Gasteiger partial charge on any atom is -0.458 e. The third-order valence-corrected chi connectivity index (χ3v) is 5.88. The summed E-state index contributed by atoms with van der Waals surface area (Å²) in [5.41, 5.74) is -1.48. The van der Waals surface area contributed by atoms with Gasteiger partial charge in [-0.25, -0.2) is 9.59 Å². The zero-order chi connectivity index (χ0) is 26.4. The van der Waals surface area contributed by atoms with Crippen molar-refractivity contribution in [1.29, 1.82) is 0 Å². The number of carbonyl (C=O) groups is 3. The molecule has 6 atom stereocenters. The summed E-state index contributed by atoms with van der Waals surface area (Å²) in [6, 6.07) is -1.98. The lowest BCUT2D eigenvalue weighted by atomic mass is 9.84. The molecule has 1 fully saturated rings. The van der Waals surface area contributed by atoms with Crippen LogP contribution in [-0.4, -0.2) is 65.4 Å². The minimum atomic E-state index is -0.856. The predicted molar refractivity (Wildman–Crippen MR) is 132 cm³/mol. The first kappa shape index (κ1) is 29.9. The van der Waals surface area contributed by atoms with Crippen LogP contribution in [0, 0.1) is 11.8 Å². The Bertz CT molecular complexity index is 737. The van der Waals surface area contributed by atoms with E-state index in [1.165, 1.54) is 11.8 Å². The van der Waals surface area contributed by atoms with E-state index in [4.69, 9.17) is 14.2 Å². The van der Waals surface area contributed by atoms with Gasteiger partial charge in [0.2, 0.25) is 5.91 Å². The minimum absolute atomic E-state index is 0.0918. The molecule has 0 radical (unpaired) electrons. The molecular formula is C26H46N2O6. The Morgan fingerprint density at radius 1 is 1.09 bits per heavy atom. The molecule has 0 aliphatic carbocycles. The Kier molecular flexibility index (Phi) is 10.6. The van der Waals surface area contributed by atoms with Crippen LogP contribution in [0.5, 0.6) is 0 Å². The van der Waals surface area contributed by atoms with Gasteiger partial charge in [0.1, 0.15) is 17.2 Å². The third-order valence-electron chi connectivity index (χ3n) is 5.88. The van der Waals surface area contributed by atoms with Gasteiger partial charge in [-0.2, -0.15) is 0 Å². The molecular weight excluding hydrogens is 436 g/mol. The van der Waals surface area contributed by atoms with Gasteiger partial charge in [-0.3, -0.25) is 9.69 Å². The lowest BCUT2D eigenvalue weighted by molar-refractivity contribution is -0.160. The highest BCUT2D eigenvalue weighted by Gasteiger charge is 2.53. The number of carbonyl (C=O) groups excluding carboxylic acids is 3. The molecule has 0 saturated carbocycles. The first-order valence-electron chi connectivity index (χ1n) is 12.2. The van der Waals surface area contributed by atoms with Crippen molar-refractivity contribution in [1.82, 2.24) is 10.2 Å². The highest BCUT2D eigenvalue weighted by Crippen LogP contribution is 2.38. The quantitative estimate of drug-likeness (QED) is 0.405. The van der Waals surface area contributed by atoms with Crippen molar-refractivity contribution < 1.29 is 28.6 Å². The topological polar surface area (TPSA) is 94.2 Å². The largest absolute Gasteiger partial charge is 0.458 e. The van der Waals surface area contributed by atoms with E-state index in [0.717, 1.165) is 6.42 Å². The van der Waals surface area contributed by atoms with Crippen LogP contribution in [0.1, 0.15) is 82.1 Å². The molecule has 0 bridgehead atoms. The number of methoxy groups -OCH3 is 1. The Hall–Kier alpha value is -2.09. The predicted octanol–water partition coefficient (Wildman–Crippen LogP) is 4.46. The number of hydrogen-bond donors (Lipinski definition) is 1. The van der Waals surface area contributed by atoms with Gasteiger partial charge in [-0.05, 0) is 60.8 Å². The van der Waals surface area contributed by atoms with Crippen LogP contribution < -0.4 is 5.32 Å². The van der Waals surface area contributed by atoms with Crippen LogP contribution in [0.4, 0.5) is 4.79 Å². The Balaban J connectivity index is 3.68. The lowest BCUT2D eigenvalue weighted by Crippen LogP contribution is -2.61. The number of amides is 2. The van der Waals surface area contributed by atoms with Gasteiger partial charge < -0.3 is 19.5 Å². The summed E-state index contributed by atoms with van der Waals surface area (Å²) < 4.78 is 17.3. The highest BCUT2D eigenvalue weighted by atomic mass is 16.6. The summed E-state index contributed by atoms with van der Waals surface area (Å²) in [5.74, 6) is -0.850. The Labute approximate surface area is 205 Å². The number of hydrogen-bond acceptors (Lipinski definition) is 6. The maximum absolute atomic E-state index is 13.6. The third kappa shape index (κ3) is 8.29. The van der Waals surface area contributed by atoms with E-state index in [0.29, 0.717) is 6.42 Å². The fraction of sp³-hybridized carbons (Fsp3) is 0.808. The number of likely N-dealkylation sites (tertiary alicyclic amines) is 1. The Morgan fingerprint density at radius 2 is 1.65 bits per heavy atom. The van der Waals surface area contributed by atoms with Gasteiger partial charge in [0, 0.05) is 20.0 Å². The van der Waals surface area contributed by atoms with E-state index in [1.807, 2.05) is 26.0 Å². The summed E-state index contributed by atoms with van der Waals surface area (Å²) in [6.45, 7) is 18.2. The summed E-state index contributed by atoms with van der Waals surface area (Å²) in [4.78, 5) is 40.6. The van der Waals surface area contributed by atoms with Crippen LogP contribution in [0.15, 0.2) is 12.2 Å². The van der Waals surface area contributed by atoms with Crippen molar-refractivity contribution in [2.24, 2.45) is 11.8 Å². The molecule has 1 saturated heterocycles. The zero-order valence-corrected chi connectivity index (χ0v) is 22.9. The van der Waals surface area contributed by atoms with Gasteiger partial charge in [0.15, 0.2) is 0 Å². The molecule has 1 aliphatic rings.